The quantitative estimate of drug-likeness (QED) is 0.669. The van der Waals surface area contributed by atoms with E-state index in [9.17, 15) is 4.79 Å². The molecule has 130 valence electrons. The van der Waals surface area contributed by atoms with Crippen LogP contribution < -0.4 is 10.1 Å². The van der Waals surface area contributed by atoms with Gasteiger partial charge < -0.3 is 19.4 Å². The van der Waals surface area contributed by atoms with Crippen LogP contribution in [0.1, 0.15) is 6.92 Å². The number of nitrogens with one attached hydrogen (secondary N) is 1. The molecular weight excluding hydrogens is 340 g/mol. The Kier molecular flexibility index (Phi) is 5.14. The summed E-state index contributed by atoms with van der Waals surface area (Å²) in [6.07, 6.45) is 1.96. The van der Waals surface area contributed by atoms with Crippen molar-refractivity contribution < 1.29 is 14.3 Å². The predicted molar refractivity (Wildman–Crippen MR) is 100.0 cm³/mol. The summed E-state index contributed by atoms with van der Waals surface area (Å²) in [5.74, 6) is 0.502. The molecule has 25 heavy (non-hydrogen) atoms. The molecule has 2 aromatic carbocycles. The molecule has 3 aromatic rings. The maximum absolute atomic E-state index is 11.6. The van der Waals surface area contributed by atoms with Crippen LogP contribution in [-0.2, 0) is 9.53 Å². The Morgan fingerprint density at radius 1 is 1.20 bits per heavy atom. The zero-order chi connectivity index (χ0) is 17.8. The van der Waals surface area contributed by atoms with Gasteiger partial charge in [-0.3, -0.25) is 4.79 Å². The molecule has 0 spiro atoms. The van der Waals surface area contributed by atoms with Gasteiger partial charge in [0.25, 0.3) is 0 Å². The van der Waals surface area contributed by atoms with Crippen molar-refractivity contribution in [1.29, 1.82) is 0 Å². The summed E-state index contributed by atoms with van der Waals surface area (Å²) >= 11 is 6.19. The van der Waals surface area contributed by atoms with Crippen molar-refractivity contribution in [1.82, 2.24) is 4.57 Å². The second kappa shape index (κ2) is 7.49. The number of hydrogen-bond donors (Lipinski definition) is 1. The van der Waals surface area contributed by atoms with Crippen LogP contribution in [0.5, 0.6) is 5.75 Å². The van der Waals surface area contributed by atoms with E-state index < -0.39 is 0 Å². The van der Waals surface area contributed by atoms with Gasteiger partial charge in [-0.15, -0.1) is 0 Å². The van der Waals surface area contributed by atoms with Crippen LogP contribution in [0.2, 0.25) is 5.02 Å². The lowest BCUT2D eigenvalue weighted by atomic mass is 10.2. The molecule has 0 atom stereocenters. The van der Waals surface area contributed by atoms with Crippen LogP contribution in [0.25, 0.3) is 16.6 Å². The number of rotatable bonds is 6. The highest BCUT2D eigenvalue weighted by molar-refractivity contribution is 6.30. The molecule has 3 rings (SSSR count). The minimum Gasteiger partial charge on any atom is -0.497 e. The molecule has 0 bridgehead atoms. The number of benzene rings is 2. The van der Waals surface area contributed by atoms with E-state index in [2.05, 4.69) is 5.32 Å². The standard InChI is InChI=1S/C19H19ClN2O3/c1-3-25-19(23)12-21-16-6-4-14(20)11-18(16)22-9-8-13-10-15(24-2)5-7-17(13)22/h4-11,21H,3,12H2,1-2H3. The first kappa shape index (κ1) is 17.2. The maximum atomic E-state index is 11.6. The van der Waals surface area contributed by atoms with Gasteiger partial charge in [-0.25, -0.2) is 0 Å². The van der Waals surface area contributed by atoms with E-state index in [1.165, 1.54) is 0 Å². The van der Waals surface area contributed by atoms with Crippen molar-refractivity contribution in [3.63, 3.8) is 0 Å². The van der Waals surface area contributed by atoms with Crippen LogP contribution >= 0.6 is 11.6 Å². The van der Waals surface area contributed by atoms with Gasteiger partial charge in [-0.1, -0.05) is 11.6 Å². The highest BCUT2D eigenvalue weighted by atomic mass is 35.5. The molecule has 5 nitrogen and oxygen atoms in total. The molecule has 0 unspecified atom stereocenters. The lowest BCUT2D eigenvalue weighted by molar-refractivity contribution is -0.140. The molecule has 6 heteroatoms. The molecule has 0 aliphatic carbocycles. The highest BCUT2D eigenvalue weighted by Gasteiger charge is 2.11. The second-order valence-electron chi connectivity index (χ2n) is 5.43. The Balaban J connectivity index is 1.98. The summed E-state index contributed by atoms with van der Waals surface area (Å²) < 4.78 is 12.3. The largest absolute Gasteiger partial charge is 0.497 e. The van der Waals surface area contributed by atoms with Crippen LogP contribution in [0.15, 0.2) is 48.7 Å². The van der Waals surface area contributed by atoms with Crippen LogP contribution in [0, 0.1) is 0 Å². The summed E-state index contributed by atoms with van der Waals surface area (Å²) in [6.45, 7) is 2.24. The van der Waals surface area contributed by atoms with Gasteiger partial charge in [0.05, 0.1) is 30.6 Å². The minimum atomic E-state index is -0.300. The molecule has 0 aliphatic rings. The molecule has 0 amide bonds. The summed E-state index contributed by atoms with van der Waals surface area (Å²) in [4.78, 5) is 11.6. The van der Waals surface area contributed by atoms with E-state index in [0.717, 1.165) is 28.0 Å². The monoisotopic (exact) mass is 358 g/mol. The van der Waals surface area contributed by atoms with Crippen molar-refractivity contribution >= 4 is 34.2 Å². The first-order valence-corrected chi connectivity index (χ1v) is 8.34. The van der Waals surface area contributed by atoms with Crippen molar-refractivity contribution in [2.24, 2.45) is 0 Å². The Hall–Kier alpha value is -2.66. The topological polar surface area (TPSA) is 52.5 Å². The molecule has 1 N–H and O–H groups in total. The fraction of sp³-hybridized carbons (Fsp3) is 0.211. The van der Waals surface area contributed by atoms with Crippen LogP contribution in [-0.4, -0.2) is 30.8 Å². The summed E-state index contributed by atoms with van der Waals surface area (Å²) in [5.41, 5.74) is 2.67. The van der Waals surface area contributed by atoms with Gasteiger partial charge in [0.2, 0.25) is 0 Å². The summed E-state index contributed by atoms with van der Waals surface area (Å²) in [5, 5.41) is 4.79. The number of esters is 1. The van der Waals surface area contributed by atoms with Gasteiger partial charge in [-0.05, 0) is 49.4 Å². The third-order valence-electron chi connectivity index (χ3n) is 3.85. The molecule has 1 aromatic heterocycles. The van der Waals surface area contributed by atoms with E-state index in [-0.39, 0.29) is 12.5 Å². The van der Waals surface area contributed by atoms with E-state index >= 15 is 0 Å². The van der Waals surface area contributed by atoms with Gasteiger partial charge >= 0.3 is 5.97 Å². The van der Waals surface area contributed by atoms with Crippen molar-refractivity contribution in [3.8, 4) is 11.4 Å². The number of fused-ring (bicyclic) bond motifs is 1. The Labute approximate surface area is 151 Å². The predicted octanol–water partition coefficient (Wildman–Crippen LogP) is 4.27. The molecule has 0 aliphatic heterocycles. The first-order chi connectivity index (χ1) is 12.1. The van der Waals surface area contributed by atoms with E-state index in [4.69, 9.17) is 21.1 Å². The lowest BCUT2D eigenvalue weighted by Gasteiger charge is -2.14. The number of carbonyl (C=O) groups is 1. The smallest absolute Gasteiger partial charge is 0.325 e. The Morgan fingerprint density at radius 2 is 2.04 bits per heavy atom. The van der Waals surface area contributed by atoms with Crippen LogP contribution in [0.3, 0.4) is 0 Å². The third kappa shape index (κ3) is 3.72. The Bertz CT molecular complexity index is 905. The Morgan fingerprint density at radius 3 is 2.80 bits per heavy atom. The third-order valence-corrected chi connectivity index (χ3v) is 4.08. The zero-order valence-electron chi connectivity index (χ0n) is 14.1. The number of methoxy groups -OCH3 is 1. The normalized spacial score (nSPS) is 10.7. The summed E-state index contributed by atoms with van der Waals surface area (Å²) in [7, 11) is 1.65. The van der Waals surface area contributed by atoms with Gasteiger partial charge in [-0.2, -0.15) is 0 Å². The highest BCUT2D eigenvalue weighted by Crippen LogP contribution is 2.30. The zero-order valence-corrected chi connectivity index (χ0v) is 14.8. The molecule has 0 radical (unpaired) electrons. The number of anilines is 1. The fourth-order valence-corrected chi connectivity index (χ4v) is 2.86. The van der Waals surface area contributed by atoms with E-state index in [1.807, 2.05) is 47.2 Å². The van der Waals surface area contributed by atoms with Crippen molar-refractivity contribution in [2.75, 3.05) is 25.6 Å². The molecule has 0 fully saturated rings. The SMILES string of the molecule is CCOC(=O)CNc1ccc(Cl)cc1-n1ccc2cc(OC)ccc21. The molecular formula is C19H19ClN2O3. The number of halogens is 1. The number of ether oxygens (including phenoxy) is 2. The number of aromatic nitrogens is 1. The molecule has 1 heterocycles. The number of carbonyl (C=O) groups excluding carboxylic acids is 1. The van der Waals surface area contributed by atoms with Crippen molar-refractivity contribution in [3.05, 3.63) is 53.7 Å². The summed E-state index contributed by atoms with van der Waals surface area (Å²) in [6, 6.07) is 13.4. The van der Waals surface area contributed by atoms with Gasteiger partial charge in [0, 0.05) is 16.6 Å². The van der Waals surface area contributed by atoms with E-state index in [1.54, 1.807) is 20.1 Å². The van der Waals surface area contributed by atoms with Crippen LogP contribution in [0.4, 0.5) is 5.69 Å². The van der Waals surface area contributed by atoms with Crippen molar-refractivity contribution in [2.45, 2.75) is 6.92 Å². The second-order valence-corrected chi connectivity index (χ2v) is 5.87. The number of nitrogens with zero attached hydrogens (tertiary/aromatic N) is 1. The molecule has 0 saturated carbocycles. The van der Waals surface area contributed by atoms with E-state index in [0.29, 0.717) is 11.6 Å². The fourth-order valence-electron chi connectivity index (χ4n) is 2.69. The van der Waals surface area contributed by atoms with Gasteiger partial charge in [0.1, 0.15) is 12.3 Å². The average molecular weight is 359 g/mol. The first-order valence-electron chi connectivity index (χ1n) is 7.97. The minimum absolute atomic E-state index is 0.0928. The molecule has 0 saturated heterocycles. The average Bonchev–Trinajstić information content (AvgIpc) is 3.03. The lowest BCUT2D eigenvalue weighted by Crippen LogP contribution is -2.17. The van der Waals surface area contributed by atoms with Gasteiger partial charge in [0.15, 0.2) is 0 Å². The number of hydrogen-bond acceptors (Lipinski definition) is 4. The maximum Gasteiger partial charge on any atom is 0.325 e.